The molecule has 2 aliphatic heterocycles. The number of ether oxygens (including phenoxy) is 2. The molecule has 2 aromatic heterocycles. The molecule has 6 aromatic rings. The molecule has 0 saturated carbocycles. The van der Waals surface area contributed by atoms with Crippen LogP contribution >= 0.6 is 0 Å². The van der Waals surface area contributed by atoms with Gasteiger partial charge in [-0.3, -0.25) is 9.59 Å². The Morgan fingerprint density at radius 1 is 1.00 bits per heavy atom. The SMILES string of the molecule is COC[C@]1(C)O[C@H](C[C@H](C)N(C)C(=O)c2ccccc2)n2c3ccccc3c3c4c(c5c6ccccc6n1c5c32)CNC4=O. The summed E-state index contributed by atoms with van der Waals surface area (Å²) >= 11 is 0. The Morgan fingerprint density at radius 2 is 1.66 bits per heavy atom. The van der Waals surface area contributed by atoms with E-state index in [4.69, 9.17) is 9.47 Å². The zero-order valence-corrected chi connectivity index (χ0v) is 25.3. The van der Waals surface area contributed by atoms with Crippen LogP contribution < -0.4 is 5.32 Å². The van der Waals surface area contributed by atoms with Crippen LogP contribution in [0.15, 0.2) is 78.9 Å². The number of carbonyl (C=O) groups is 2. The molecule has 0 fully saturated rings. The lowest BCUT2D eigenvalue weighted by molar-refractivity contribution is -0.186. The van der Waals surface area contributed by atoms with Crippen molar-refractivity contribution in [2.24, 2.45) is 0 Å². The van der Waals surface area contributed by atoms with Crippen molar-refractivity contribution in [1.29, 1.82) is 0 Å². The number of aromatic nitrogens is 2. The molecule has 4 aromatic carbocycles. The zero-order valence-electron chi connectivity index (χ0n) is 25.3. The first-order chi connectivity index (χ1) is 21.3. The number of rotatable bonds is 6. The molecule has 2 amide bonds. The average Bonchev–Trinajstić information content (AvgIpc) is 3.68. The minimum Gasteiger partial charge on any atom is -0.380 e. The zero-order chi connectivity index (χ0) is 30.3. The molecule has 222 valence electrons. The Morgan fingerprint density at radius 3 is 2.39 bits per heavy atom. The number of carbonyl (C=O) groups excluding carboxylic acids is 2. The minimum atomic E-state index is -0.889. The Bertz CT molecular complexity index is 2150. The largest absolute Gasteiger partial charge is 0.380 e. The summed E-state index contributed by atoms with van der Waals surface area (Å²) in [6, 6.07) is 25.8. The van der Waals surface area contributed by atoms with Crippen molar-refractivity contribution in [1.82, 2.24) is 19.4 Å². The molecule has 0 bridgehead atoms. The molecule has 3 atom stereocenters. The lowest BCUT2D eigenvalue weighted by Gasteiger charge is -2.37. The maximum atomic E-state index is 13.6. The van der Waals surface area contributed by atoms with Crippen molar-refractivity contribution < 1.29 is 19.1 Å². The van der Waals surface area contributed by atoms with Crippen LogP contribution in [0.1, 0.15) is 52.8 Å². The van der Waals surface area contributed by atoms with Crippen molar-refractivity contribution in [2.45, 2.75) is 44.8 Å². The molecule has 8 heteroatoms. The number of amides is 2. The minimum absolute atomic E-state index is 0.0391. The van der Waals surface area contributed by atoms with Gasteiger partial charge in [-0.2, -0.15) is 0 Å². The van der Waals surface area contributed by atoms with Crippen LogP contribution in [-0.2, 0) is 21.7 Å². The van der Waals surface area contributed by atoms with Gasteiger partial charge in [0.1, 0.15) is 6.23 Å². The van der Waals surface area contributed by atoms with Gasteiger partial charge in [0, 0.05) is 60.3 Å². The first-order valence-electron chi connectivity index (χ1n) is 15.1. The highest BCUT2D eigenvalue weighted by Crippen LogP contribution is 2.50. The van der Waals surface area contributed by atoms with Crippen molar-refractivity contribution in [2.75, 3.05) is 20.8 Å². The smallest absolute Gasteiger partial charge is 0.253 e. The van der Waals surface area contributed by atoms with E-state index in [1.54, 1.807) is 12.0 Å². The van der Waals surface area contributed by atoms with Crippen LogP contribution in [0, 0.1) is 0 Å². The fourth-order valence-corrected chi connectivity index (χ4v) is 7.62. The summed E-state index contributed by atoms with van der Waals surface area (Å²) < 4.78 is 17.7. The lowest BCUT2D eigenvalue weighted by atomic mass is 9.97. The summed E-state index contributed by atoms with van der Waals surface area (Å²) in [5.74, 6) is -0.0905. The van der Waals surface area contributed by atoms with Gasteiger partial charge in [-0.15, -0.1) is 0 Å². The second kappa shape index (κ2) is 9.67. The van der Waals surface area contributed by atoms with Crippen LogP contribution in [-0.4, -0.2) is 52.7 Å². The van der Waals surface area contributed by atoms with Crippen molar-refractivity contribution in [3.05, 3.63) is 95.6 Å². The summed E-state index contributed by atoms with van der Waals surface area (Å²) in [4.78, 5) is 28.9. The van der Waals surface area contributed by atoms with E-state index >= 15 is 0 Å². The van der Waals surface area contributed by atoms with Gasteiger partial charge >= 0.3 is 0 Å². The first kappa shape index (κ1) is 26.9. The molecule has 4 heterocycles. The van der Waals surface area contributed by atoms with Gasteiger partial charge in [0.25, 0.3) is 11.8 Å². The number of nitrogens with one attached hydrogen (secondary N) is 1. The van der Waals surface area contributed by atoms with Crippen LogP contribution in [0.4, 0.5) is 0 Å². The third kappa shape index (κ3) is 3.58. The van der Waals surface area contributed by atoms with Gasteiger partial charge in [0.15, 0.2) is 5.72 Å². The predicted molar refractivity (Wildman–Crippen MR) is 172 cm³/mol. The highest BCUT2D eigenvalue weighted by Gasteiger charge is 2.43. The second-order valence-corrected chi connectivity index (χ2v) is 12.3. The molecule has 0 spiro atoms. The highest BCUT2D eigenvalue weighted by molar-refractivity contribution is 6.31. The van der Waals surface area contributed by atoms with E-state index in [0.29, 0.717) is 25.1 Å². The van der Waals surface area contributed by atoms with E-state index < -0.39 is 12.0 Å². The Hall–Kier alpha value is -4.66. The topological polar surface area (TPSA) is 77.7 Å². The van der Waals surface area contributed by atoms with E-state index in [1.165, 1.54) is 0 Å². The molecule has 0 aliphatic carbocycles. The Balaban J connectivity index is 1.44. The van der Waals surface area contributed by atoms with Gasteiger partial charge in [-0.05, 0) is 43.7 Å². The van der Waals surface area contributed by atoms with E-state index in [2.05, 4.69) is 52.6 Å². The van der Waals surface area contributed by atoms with Gasteiger partial charge in [-0.1, -0.05) is 54.6 Å². The number of methoxy groups -OCH3 is 1. The fourth-order valence-electron chi connectivity index (χ4n) is 7.62. The summed E-state index contributed by atoms with van der Waals surface area (Å²) in [6.45, 7) is 4.93. The highest BCUT2D eigenvalue weighted by atomic mass is 16.6. The molecule has 8 nitrogen and oxygen atoms in total. The van der Waals surface area contributed by atoms with Crippen molar-refractivity contribution >= 4 is 55.4 Å². The Labute approximate surface area is 254 Å². The van der Waals surface area contributed by atoms with Gasteiger partial charge in [0.05, 0.1) is 34.2 Å². The monoisotopic (exact) mass is 586 g/mol. The van der Waals surface area contributed by atoms with Crippen LogP contribution in [0.3, 0.4) is 0 Å². The molecular weight excluding hydrogens is 552 g/mol. The quantitative estimate of drug-likeness (QED) is 0.240. The molecular formula is C36H34N4O4. The third-order valence-electron chi connectivity index (χ3n) is 9.62. The molecule has 8 rings (SSSR count). The van der Waals surface area contributed by atoms with Crippen LogP contribution in [0.5, 0.6) is 0 Å². The second-order valence-electron chi connectivity index (χ2n) is 12.3. The summed E-state index contributed by atoms with van der Waals surface area (Å²) in [5, 5.41) is 7.24. The molecule has 0 saturated heterocycles. The van der Waals surface area contributed by atoms with E-state index in [9.17, 15) is 9.59 Å². The number of fused-ring (bicyclic) bond motifs is 9. The molecule has 0 unspecified atom stereocenters. The summed E-state index contributed by atoms with van der Waals surface area (Å²) in [7, 11) is 3.55. The van der Waals surface area contributed by atoms with Crippen LogP contribution in [0.2, 0.25) is 0 Å². The van der Waals surface area contributed by atoms with Gasteiger partial charge in [0.2, 0.25) is 0 Å². The molecule has 44 heavy (non-hydrogen) atoms. The molecule has 1 N–H and O–H groups in total. The number of benzene rings is 4. The number of para-hydroxylation sites is 2. The maximum Gasteiger partial charge on any atom is 0.253 e. The van der Waals surface area contributed by atoms with E-state index in [1.807, 2.05) is 61.6 Å². The third-order valence-corrected chi connectivity index (χ3v) is 9.62. The summed E-state index contributed by atoms with van der Waals surface area (Å²) in [6.07, 6.45) is 0.0540. The van der Waals surface area contributed by atoms with Crippen molar-refractivity contribution in [3.63, 3.8) is 0 Å². The number of hydrogen-bond acceptors (Lipinski definition) is 4. The maximum absolute atomic E-state index is 13.6. The van der Waals surface area contributed by atoms with E-state index in [-0.39, 0.29) is 17.9 Å². The average molecular weight is 587 g/mol. The van der Waals surface area contributed by atoms with E-state index in [0.717, 1.165) is 54.7 Å². The standard InChI is InChI=1S/C36H34N4O4/c1-21(38(3)35(42)22-12-6-5-7-13-22)18-28-39-26-16-10-8-14-23(26)30-31-25(19-37-34(31)41)29-24-15-9-11-17-27(24)40(33(29)32(30)39)36(2,44-28)20-43-4/h5-17,21,28H,18-20H2,1-4H3,(H,37,41)/t21-,28+,36-/m0/s1. The lowest BCUT2D eigenvalue weighted by Crippen LogP contribution is -2.41. The number of nitrogens with zero attached hydrogens (tertiary/aromatic N) is 3. The van der Waals surface area contributed by atoms with Crippen molar-refractivity contribution in [3.8, 4) is 0 Å². The first-order valence-corrected chi connectivity index (χ1v) is 15.1. The molecule has 2 aliphatic rings. The van der Waals surface area contributed by atoms with Gasteiger partial charge in [-0.25, -0.2) is 0 Å². The molecule has 0 radical (unpaired) electrons. The fraction of sp³-hybridized carbons (Fsp3) is 0.278. The summed E-state index contributed by atoms with van der Waals surface area (Å²) in [5.41, 5.74) is 5.55. The predicted octanol–water partition coefficient (Wildman–Crippen LogP) is 6.54. The number of hydrogen-bond donors (Lipinski definition) is 1. The van der Waals surface area contributed by atoms with Gasteiger partial charge < -0.3 is 28.8 Å². The normalized spacial score (nSPS) is 20.0. The Kier molecular flexibility index (Phi) is 5.92. The van der Waals surface area contributed by atoms with Crippen LogP contribution in [0.25, 0.3) is 43.6 Å².